The molecule has 2 amide bonds. The van der Waals surface area contributed by atoms with Crippen molar-refractivity contribution in [3.05, 3.63) is 37.1 Å². The highest BCUT2D eigenvalue weighted by molar-refractivity contribution is 5.83. The zero-order chi connectivity index (χ0) is 27.0. The topological polar surface area (TPSA) is 94.2 Å². The van der Waals surface area contributed by atoms with Crippen molar-refractivity contribution in [3.63, 3.8) is 0 Å². The smallest absolute Gasteiger partial charge is 0.411 e. The lowest BCUT2D eigenvalue weighted by Crippen LogP contribution is -2.49. The predicted octanol–water partition coefficient (Wildman–Crippen LogP) is 4.90. The van der Waals surface area contributed by atoms with Gasteiger partial charge in [0.2, 0.25) is 5.91 Å². The van der Waals surface area contributed by atoms with Gasteiger partial charge in [0.25, 0.3) is 0 Å². The van der Waals surface area contributed by atoms with Gasteiger partial charge in [0.05, 0.1) is 6.04 Å². The fourth-order valence-corrected chi connectivity index (χ4v) is 4.09. The number of carbonyl (C=O) groups is 3. The standard InChI is InChI=1S/C27H44N2O6/c1-11-13-20-17-23(24(31)34-26(5,6)7)29(25(32)35-27(8,9)10)22(20)15-14-21(28-19(4)30)18(3)33-16-12-2/h11-13,20-23H,2-3,14-17H2,1,4-10H3,(H,28,30)/t20-,21?,22-,23-/m1/s1. The molecule has 1 heterocycles. The Morgan fingerprint density at radius 3 is 2.20 bits per heavy atom. The average molecular weight is 493 g/mol. The van der Waals surface area contributed by atoms with E-state index in [1.807, 2.05) is 19.1 Å². The van der Waals surface area contributed by atoms with Crippen LogP contribution in [0.5, 0.6) is 0 Å². The second-order valence-electron chi connectivity index (χ2n) is 10.8. The third-order valence-corrected chi connectivity index (χ3v) is 5.31. The Kier molecular flexibility index (Phi) is 11.1. The van der Waals surface area contributed by atoms with Crippen LogP contribution in [0.25, 0.3) is 0 Å². The highest BCUT2D eigenvalue weighted by Gasteiger charge is 2.48. The Labute approximate surface area is 210 Å². The van der Waals surface area contributed by atoms with Crippen LogP contribution in [0.2, 0.25) is 0 Å². The first-order chi connectivity index (χ1) is 16.1. The zero-order valence-corrected chi connectivity index (χ0v) is 22.7. The van der Waals surface area contributed by atoms with E-state index in [9.17, 15) is 14.4 Å². The lowest BCUT2D eigenvalue weighted by molar-refractivity contribution is -0.160. The molecule has 0 aromatic heterocycles. The van der Waals surface area contributed by atoms with E-state index in [2.05, 4.69) is 18.5 Å². The monoisotopic (exact) mass is 492 g/mol. The van der Waals surface area contributed by atoms with Crippen molar-refractivity contribution < 1.29 is 28.6 Å². The average Bonchev–Trinajstić information content (AvgIpc) is 3.05. The molecular weight excluding hydrogens is 448 g/mol. The van der Waals surface area contributed by atoms with Gasteiger partial charge in [0, 0.05) is 13.0 Å². The van der Waals surface area contributed by atoms with Crippen LogP contribution in [0.1, 0.15) is 74.7 Å². The maximum atomic E-state index is 13.3. The largest absolute Gasteiger partial charge is 0.492 e. The fourth-order valence-electron chi connectivity index (χ4n) is 4.09. The van der Waals surface area contributed by atoms with Crippen molar-refractivity contribution in [1.29, 1.82) is 0 Å². The molecule has 0 bridgehead atoms. The molecular formula is C27H44N2O6. The van der Waals surface area contributed by atoms with Crippen LogP contribution in [0, 0.1) is 5.92 Å². The van der Waals surface area contributed by atoms with Gasteiger partial charge in [-0.15, -0.1) is 0 Å². The summed E-state index contributed by atoms with van der Waals surface area (Å²) in [6.45, 7) is 21.9. The lowest BCUT2D eigenvalue weighted by atomic mass is 9.93. The Morgan fingerprint density at radius 2 is 1.71 bits per heavy atom. The summed E-state index contributed by atoms with van der Waals surface area (Å²) in [5.74, 6) is -0.360. The number of hydrogen-bond acceptors (Lipinski definition) is 6. The first-order valence-electron chi connectivity index (χ1n) is 12.2. The van der Waals surface area contributed by atoms with E-state index in [1.165, 1.54) is 11.8 Å². The molecule has 1 saturated heterocycles. The highest BCUT2D eigenvalue weighted by atomic mass is 16.6. The molecule has 0 spiro atoms. The van der Waals surface area contributed by atoms with Gasteiger partial charge in [-0.05, 0) is 73.6 Å². The molecule has 1 N–H and O–H groups in total. The third-order valence-electron chi connectivity index (χ3n) is 5.31. The molecule has 0 aliphatic carbocycles. The van der Waals surface area contributed by atoms with Crippen LogP contribution in [-0.2, 0) is 23.8 Å². The number of nitrogens with zero attached hydrogens (tertiary/aromatic N) is 1. The van der Waals surface area contributed by atoms with Crippen LogP contribution in [0.4, 0.5) is 4.79 Å². The van der Waals surface area contributed by atoms with E-state index < -0.39 is 35.3 Å². The molecule has 1 aliphatic rings. The Morgan fingerprint density at radius 1 is 1.11 bits per heavy atom. The number of hydrogen-bond donors (Lipinski definition) is 1. The van der Waals surface area contributed by atoms with E-state index in [1.54, 1.807) is 47.6 Å². The quantitative estimate of drug-likeness (QED) is 0.265. The number of likely N-dealkylation sites (tertiary alicyclic amines) is 1. The molecule has 0 aromatic carbocycles. The van der Waals surface area contributed by atoms with E-state index >= 15 is 0 Å². The van der Waals surface area contributed by atoms with E-state index in [-0.39, 0.29) is 24.5 Å². The van der Waals surface area contributed by atoms with Crippen molar-refractivity contribution in [3.8, 4) is 0 Å². The highest BCUT2D eigenvalue weighted by Crippen LogP contribution is 2.37. The second-order valence-corrected chi connectivity index (χ2v) is 10.8. The van der Waals surface area contributed by atoms with E-state index in [0.29, 0.717) is 25.0 Å². The van der Waals surface area contributed by atoms with Crippen LogP contribution < -0.4 is 5.32 Å². The van der Waals surface area contributed by atoms with Crippen molar-refractivity contribution in [1.82, 2.24) is 10.2 Å². The molecule has 198 valence electrons. The van der Waals surface area contributed by atoms with E-state index in [4.69, 9.17) is 14.2 Å². The van der Waals surface area contributed by atoms with Crippen molar-refractivity contribution >= 4 is 18.0 Å². The van der Waals surface area contributed by atoms with Crippen molar-refractivity contribution in [2.75, 3.05) is 6.61 Å². The number of ether oxygens (including phenoxy) is 3. The first-order valence-corrected chi connectivity index (χ1v) is 12.2. The zero-order valence-electron chi connectivity index (χ0n) is 22.7. The summed E-state index contributed by atoms with van der Waals surface area (Å²) in [5.41, 5.74) is -1.42. The molecule has 8 nitrogen and oxygen atoms in total. The predicted molar refractivity (Wildman–Crippen MR) is 137 cm³/mol. The molecule has 1 aliphatic heterocycles. The second kappa shape index (κ2) is 12.8. The number of rotatable bonds is 10. The minimum Gasteiger partial charge on any atom is -0.492 e. The minimum atomic E-state index is -0.783. The molecule has 4 atom stereocenters. The Balaban J connectivity index is 3.30. The number of carbonyl (C=O) groups excluding carboxylic acids is 3. The molecule has 0 saturated carbocycles. The Hall–Kier alpha value is -2.77. The minimum absolute atomic E-state index is 0.0922. The van der Waals surface area contributed by atoms with Gasteiger partial charge in [-0.1, -0.05) is 31.4 Å². The van der Waals surface area contributed by atoms with Gasteiger partial charge >= 0.3 is 12.1 Å². The summed E-state index contributed by atoms with van der Waals surface area (Å²) in [6.07, 6.45) is 6.31. The number of allylic oxidation sites excluding steroid dienone is 1. The van der Waals surface area contributed by atoms with Crippen LogP contribution >= 0.6 is 0 Å². The van der Waals surface area contributed by atoms with Gasteiger partial charge in [-0.2, -0.15) is 0 Å². The SMILES string of the molecule is C=CCOC(=C)C(CC[C@@H]1[C@H](C=CC)C[C@H](C(=O)OC(C)(C)C)N1C(=O)OC(C)(C)C)NC(C)=O. The Bertz CT molecular complexity index is 805. The van der Waals surface area contributed by atoms with Crippen LogP contribution in [0.3, 0.4) is 0 Å². The maximum absolute atomic E-state index is 13.3. The van der Waals surface area contributed by atoms with Crippen molar-refractivity contribution in [2.24, 2.45) is 5.92 Å². The van der Waals surface area contributed by atoms with Crippen LogP contribution in [0.15, 0.2) is 37.1 Å². The normalized spacial score (nSPS) is 21.4. The number of nitrogens with one attached hydrogen (secondary N) is 1. The third kappa shape index (κ3) is 10.2. The van der Waals surface area contributed by atoms with Crippen LogP contribution in [-0.4, -0.2) is 58.8 Å². The summed E-state index contributed by atoms with van der Waals surface area (Å²) in [5, 5.41) is 2.86. The lowest BCUT2D eigenvalue weighted by Gasteiger charge is -2.34. The van der Waals surface area contributed by atoms with Gasteiger partial charge in [0.15, 0.2) is 0 Å². The summed E-state index contributed by atoms with van der Waals surface area (Å²) < 4.78 is 16.9. The van der Waals surface area contributed by atoms with Gasteiger partial charge < -0.3 is 19.5 Å². The summed E-state index contributed by atoms with van der Waals surface area (Å²) >= 11 is 0. The molecule has 0 aromatic rings. The van der Waals surface area contributed by atoms with Gasteiger partial charge in [0.1, 0.15) is 29.6 Å². The molecule has 35 heavy (non-hydrogen) atoms. The van der Waals surface area contributed by atoms with Gasteiger partial charge in [-0.3, -0.25) is 9.69 Å². The molecule has 0 radical (unpaired) electrons. The number of amides is 2. The molecule has 1 rings (SSSR count). The summed E-state index contributed by atoms with van der Waals surface area (Å²) in [7, 11) is 0. The summed E-state index contributed by atoms with van der Waals surface area (Å²) in [4.78, 5) is 39.8. The van der Waals surface area contributed by atoms with E-state index in [0.717, 1.165) is 0 Å². The summed E-state index contributed by atoms with van der Waals surface area (Å²) in [6, 6.07) is -1.59. The van der Waals surface area contributed by atoms with Gasteiger partial charge in [-0.25, -0.2) is 9.59 Å². The molecule has 1 unspecified atom stereocenters. The molecule has 8 heteroatoms. The van der Waals surface area contributed by atoms with Crippen molar-refractivity contribution in [2.45, 2.75) is 104 Å². The molecule has 1 fully saturated rings. The number of esters is 1. The fraction of sp³-hybridized carbons (Fsp3) is 0.667. The first kappa shape index (κ1) is 30.3. The maximum Gasteiger partial charge on any atom is 0.411 e.